The minimum atomic E-state index is -3.20. The van der Waals surface area contributed by atoms with E-state index >= 15 is 0 Å². The van der Waals surface area contributed by atoms with Crippen molar-refractivity contribution in [2.24, 2.45) is 5.73 Å². The third-order valence-corrected chi connectivity index (χ3v) is 3.88. The van der Waals surface area contributed by atoms with Crippen molar-refractivity contribution in [2.45, 2.75) is 32.4 Å². The van der Waals surface area contributed by atoms with Crippen LogP contribution in [-0.2, 0) is 16.6 Å². The van der Waals surface area contributed by atoms with E-state index in [-0.39, 0.29) is 11.8 Å². The molecule has 17 heavy (non-hydrogen) atoms. The summed E-state index contributed by atoms with van der Waals surface area (Å²) in [6.07, 6.45) is 6.47. The minimum absolute atomic E-state index is 0.137. The molecule has 1 heterocycles. The van der Waals surface area contributed by atoms with Crippen molar-refractivity contribution in [3.8, 4) is 0 Å². The van der Waals surface area contributed by atoms with Gasteiger partial charge in [0, 0.05) is 25.0 Å². The maximum Gasteiger partial charge on any atom is 0.211 e. The Bertz CT molecular complexity index is 402. The number of imidazole rings is 1. The molecule has 6 nitrogen and oxygen atoms in total. The number of nitrogens with two attached hydrogens (primary N) is 1. The maximum atomic E-state index is 11.7. The maximum absolute atomic E-state index is 11.7. The molecular weight excluding hydrogens is 240 g/mol. The smallest absolute Gasteiger partial charge is 0.211 e. The Morgan fingerprint density at radius 3 is 2.82 bits per heavy atom. The molecule has 3 N–H and O–H groups in total. The first-order chi connectivity index (χ1) is 8.03. The molecule has 0 bridgehead atoms. The average molecular weight is 260 g/mol. The zero-order chi connectivity index (χ0) is 12.7. The van der Waals surface area contributed by atoms with E-state index in [1.54, 1.807) is 18.7 Å². The lowest BCUT2D eigenvalue weighted by molar-refractivity contribution is 0.518. The molecule has 1 unspecified atom stereocenters. The van der Waals surface area contributed by atoms with Crippen LogP contribution in [0.15, 0.2) is 18.7 Å². The molecule has 0 saturated heterocycles. The Morgan fingerprint density at radius 1 is 1.47 bits per heavy atom. The van der Waals surface area contributed by atoms with Gasteiger partial charge < -0.3 is 10.3 Å². The van der Waals surface area contributed by atoms with E-state index in [1.165, 1.54) is 0 Å². The molecule has 0 aliphatic heterocycles. The standard InChI is InChI=1S/C10H20N4O2S/c1-10(8-14-6-5-12-9-14)13-17(15,16)7-3-2-4-11/h5-6,9-10,13H,2-4,7-8,11H2,1H3. The predicted octanol–water partition coefficient (Wildman–Crippen LogP) is -0.0701. The fraction of sp³-hybridized carbons (Fsp3) is 0.700. The van der Waals surface area contributed by atoms with Crippen LogP contribution in [0.2, 0.25) is 0 Å². The van der Waals surface area contributed by atoms with Crippen LogP contribution in [0.1, 0.15) is 19.8 Å². The normalized spacial score (nSPS) is 13.8. The Kier molecular flexibility index (Phi) is 5.60. The fourth-order valence-corrected chi connectivity index (χ4v) is 2.94. The van der Waals surface area contributed by atoms with Crippen LogP contribution in [0.5, 0.6) is 0 Å². The van der Waals surface area contributed by atoms with Gasteiger partial charge in [-0.3, -0.25) is 0 Å². The summed E-state index contributed by atoms with van der Waals surface area (Å²) in [5, 5.41) is 0. The lowest BCUT2D eigenvalue weighted by Gasteiger charge is -2.14. The summed E-state index contributed by atoms with van der Waals surface area (Å²) >= 11 is 0. The minimum Gasteiger partial charge on any atom is -0.336 e. The van der Waals surface area contributed by atoms with E-state index in [2.05, 4.69) is 9.71 Å². The van der Waals surface area contributed by atoms with E-state index in [9.17, 15) is 8.42 Å². The van der Waals surface area contributed by atoms with E-state index in [0.717, 1.165) is 6.42 Å². The van der Waals surface area contributed by atoms with Crippen LogP contribution in [0.3, 0.4) is 0 Å². The van der Waals surface area contributed by atoms with E-state index in [4.69, 9.17) is 5.73 Å². The van der Waals surface area contributed by atoms with Gasteiger partial charge in [-0.2, -0.15) is 0 Å². The molecular formula is C10H20N4O2S. The number of hydrogen-bond acceptors (Lipinski definition) is 4. The van der Waals surface area contributed by atoms with Crippen molar-refractivity contribution >= 4 is 10.0 Å². The average Bonchev–Trinajstić information content (AvgIpc) is 2.69. The molecule has 0 saturated carbocycles. The predicted molar refractivity (Wildman–Crippen MR) is 66.9 cm³/mol. The lowest BCUT2D eigenvalue weighted by atomic mass is 10.3. The van der Waals surface area contributed by atoms with Crippen LogP contribution in [0, 0.1) is 0 Å². The summed E-state index contributed by atoms with van der Waals surface area (Å²) in [6.45, 7) is 2.94. The number of rotatable bonds is 8. The number of nitrogens with zero attached hydrogens (tertiary/aromatic N) is 2. The highest BCUT2D eigenvalue weighted by Gasteiger charge is 2.13. The van der Waals surface area contributed by atoms with E-state index < -0.39 is 10.0 Å². The van der Waals surface area contributed by atoms with Gasteiger partial charge >= 0.3 is 0 Å². The van der Waals surface area contributed by atoms with Crippen molar-refractivity contribution in [3.05, 3.63) is 18.7 Å². The largest absolute Gasteiger partial charge is 0.336 e. The zero-order valence-corrected chi connectivity index (χ0v) is 10.9. The molecule has 7 heteroatoms. The van der Waals surface area contributed by atoms with Crippen LogP contribution in [-0.4, -0.2) is 36.3 Å². The van der Waals surface area contributed by atoms with Crippen molar-refractivity contribution < 1.29 is 8.42 Å². The first-order valence-corrected chi connectivity index (χ1v) is 7.34. The van der Waals surface area contributed by atoms with Crippen LogP contribution in [0.25, 0.3) is 0 Å². The summed E-state index contributed by atoms with van der Waals surface area (Å²) in [5.41, 5.74) is 5.32. The summed E-state index contributed by atoms with van der Waals surface area (Å²) in [7, 11) is -3.20. The molecule has 98 valence electrons. The van der Waals surface area contributed by atoms with Gasteiger partial charge in [0.1, 0.15) is 0 Å². The van der Waals surface area contributed by atoms with Gasteiger partial charge in [0.2, 0.25) is 10.0 Å². The van der Waals surface area contributed by atoms with E-state index in [1.807, 2.05) is 11.5 Å². The second-order valence-corrected chi connectivity index (χ2v) is 5.97. The zero-order valence-electron chi connectivity index (χ0n) is 10.0. The van der Waals surface area contributed by atoms with Crippen molar-refractivity contribution in [2.75, 3.05) is 12.3 Å². The molecule has 0 aliphatic rings. The molecule has 0 amide bonds. The second kappa shape index (κ2) is 6.73. The quantitative estimate of drug-likeness (QED) is 0.640. The Labute approximate surface area is 102 Å². The van der Waals surface area contributed by atoms with Gasteiger partial charge in [-0.15, -0.1) is 0 Å². The molecule has 0 spiro atoms. The molecule has 0 aromatic carbocycles. The molecule has 1 aromatic heterocycles. The molecule has 1 atom stereocenters. The lowest BCUT2D eigenvalue weighted by Crippen LogP contribution is -2.37. The highest BCUT2D eigenvalue weighted by Crippen LogP contribution is 1.98. The molecule has 0 fully saturated rings. The highest BCUT2D eigenvalue weighted by atomic mass is 32.2. The molecule has 0 aliphatic carbocycles. The van der Waals surface area contributed by atoms with Gasteiger partial charge in [0.25, 0.3) is 0 Å². The van der Waals surface area contributed by atoms with Gasteiger partial charge in [-0.1, -0.05) is 0 Å². The molecule has 1 aromatic rings. The topological polar surface area (TPSA) is 90.0 Å². The van der Waals surface area contributed by atoms with Crippen molar-refractivity contribution in [3.63, 3.8) is 0 Å². The third kappa shape index (κ3) is 5.81. The number of unbranched alkanes of at least 4 members (excludes halogenated alkanes) is 1. The van der Waals surface area contributed by atoms with Crippen molar-refractivity contribution in [1.29, 1.82) is 0 Å². The number of hydrogen-bond donors (Lipinski definition) is 2. The van der Waals surface area contributed by atoms with Crippen LogP contribution in [0.4, 0.5) is 0 Å². The van der Waals surface area contributed by atoms with Gasteiger partial charge in [0.15, 0.2) is 0 Å². The van der Waals surface area contributed by atoms with Crippen LogP contribution < -0.4 is 10.5 Å². The third-order valence-electron chi connectivity index (χ3n) is 2.29. The van der Waals surface area contributed by atoms with Crippen molar-refractivity contribution in [1.82, 2.24) is 14.3 Å². The number of sulfonamides is 1. The SMILES string of the molecule is CC(Cn1ccnc1)NS(=O)(=O)CCCCN. The van der Waals surface area contributed by atoms with Gasteiger partial charge in [-0.25, -0.2) is 18.1 Å². The fourth-order valence-electron chi connectivity index (χ4n) is 1.55. The summed E-state index contributed by atoms with van der Waals surface area (Å²) in [6, 6.07) is -0.146. The monoisotopic (exact) mass is 260 g/mol. The van der Waals surface area contributed by atoms with E-state index in [0.29, 0.717) is 19.5 Å². The Balaban J connectivity index is 2.36. The van der Waals surface area contributed by atoms with Gasteiger partial charge in [-0.05, 0) is 26.3 Å². The first-order valence-electron chi connectivity index (χ1n) is 5.69. The number of aromatic nitrogens is 2. The van der Waals surface area contributed by atoms with Crippen LogP contribution >= 0.6 is 0 Å². The summed E-state index contributed by atoms with van der Waals surface area (Å²) < 4.78 is 27.8. The van der Waals surface area contributed by atoms with Gasteiger partial charge in [0.05, 0.1) is 12.1 Å². The Hall–Kier alpha value is -0.920. The number of nitrogens with one attached hydrogen (secondary N) is 1. The first kappa shape index (κ1) is 14.1. The molecule has 1 rings (SSSR count). The second-order valence-electron chi connectivity index (χ2n) is 4.09. The molecule has 0 radical (unpaired) electrons. The summed E-state index contributed by atoms with van der Waals surface area (Å²) in [5.74, 6) is 0.137. The highest BCUT2D eigenvalue weighted by molar-refractivity contribution is 7.89. The Morgan fingerprint density at radius 2 is 2.24 bits per heavy atom. The summed E-state index contributed by atoms with van der Waals surface area (Å²) in [4.78, 5) is 3.90.